The molecule has 1 aromatic rings. The van der Waals surface area contributed by atoms with Gasteiger partial charge in [-0.15, -0.1) is 0 Å². The van der Waals surface area contributed by atoms with Crippen molar-refractivity contribution in [1.29, 1.82) is 0 Å². The summed E-state index contributed by atoms with van der Waals surface area (Å²) in [5, 5.41) is 0. The van der Waals surface area contributed by atoms with Gasteiger partial charge < -0.3 is 0 Å². The molecule has 70 valence electrons. The molecule has 0 nitrogen and oxygen atoms in total. The van der Waals surface area contributed by atoms with E-state index < -0.39 is 0 Å². The Hall–Kier alpha value is -0.780. The van der Waals surface area contributed by atoms with Gasteiger partial charge in [0.05, 0.1) is 0 Å². The van der Waals surface area contributed by atoms with E-state index in [0.29, 0.717) is 0 Å². The van der Waals surface area contributed by atoms with Crippen molar-refractivity contribution < 1.29 is 0 Å². The summed E-state index contributed by atoms with van der Waals surface area (Å²) in [4.78, 5) is 0. The van der Waals surface area contributed by atoms with Crippen molar-refractivity contribution in [2.75, 3.05) is 0 Å². The van der Waals surface area contributed by atoms with Crippen LogP contribution < -0.4 is 0 Å². The Labute approximate surface area is 81.0 Å². The second-order valence-electron chi connectivity index (χ2n) is 4.09. The average molecular weight is 174 g/mol. The first-order chi connectivity index (χ1) is 6.45. The summed E-state index contributed by atoms with van der Waals surface area (Å²) >= 11 is 0. The molecule has 0 aromatic heterocycles. The van der Waals surface area contributed by atoms with E-state index in [9.17, 15) is 0 Å². The third kappa shape index (κ3) is 2.58. The maximum absolute atomic E-state index is 2.39. The number of benzene rings is 1. The molecule has 0 heterocycles. The molecule has 0 fully saturated rings. The van der Waals surface area contributed by atoms with Crippen molar-refractivity contribution in [2.24, 2.45) is 0 Å². The molecular formula is C13H18. The highest BCUT2D eigenvalue weighted by Gasteiger charge is 2.00. The first-order valence-corrected chi connectivity index (χ1v) is 5.53. The maximum atomic E-state index is 2.39. The van der Waals surface area contributed by atoms with Gasteiger partial charge in [0, 0.05) is 0 Å². The van der Waals surface area contributed by atoms with Crippen LogP contribution in [0.4, 0.5) is 0 Å². The fourth-order valence-corrected chi connectivity index (χ4v) is 2.13. The first-order valence-electron chi connectivity index (χ1n) is 5.53. The topological polar surface area (TPSA) is 0 Å². The SMILES string of the molecule is c1cc2cc(c1)CCCCCCC2. The molecule has 1 aromatic carbocycles. The number of hydrogen-bond donors (Lipinski definition) is 0. The molecule has 2 rings (SSSR count). The normalized spacial score (nSPS) is 18.2. The zero-order valence-electron chi connectivity index (χ0n) is 8.26. The van der Waals surface area contributed by atoms with E-state index in [1.54, 1.807) is 11.1 Å². The fourth-order valence-electron chi connectivity index (χ4n) is 2.13. The fraction of sp³-hybridized carbons (Fsp3) is 0.538. The van der Waals surface area contributed by atoms with Crippen LogP contribution in [-0.4, -0.2) is 0 Å². The van der Waals surface area contributed by atoms with Crippen LogP contribution in [0, 0.1) is 0 Å². The van der Waals surface area contributed by atoms with Crippen molar-refractivity contribution in [2.45, 2.75) is 44.9 Å². The average Bonchev–Trinajstić information content (AvgIpc) is 2.17. The molecule has 13 heavy (non-hydrogen) atoms. The lowest BCUT2D eigenvalue weighted by atomic mass is 9.98. The summed E-state index contributed by atoms with van der Waals surface area (Å²) in [6, 6.07) is 9.15. The summed E-state index contributed by atoms with van der Waals surface area (Å²) in [6.45, 7) is 0. The van der Waals surface area contributed by atoms with Crippen molar-refractivity contribution in [3.63, 3.8) is 0 Å². The van der Waals surface area contributed by atoms with Crippen LogP contribution >= 0.6 is 0 Å². The predicted molar refractivity (Wildman–Crippen MR) is 56.9 cm³/mol. The van der Waals surface area contributed by atoms with Crippen molar-refractivity contribution in [1.82, 2.24) is 0 Å². The van der Waals surface area contributed by atoms with Crippen LogP contribution in [0.2, 0.25) is 0 Å². The summed E-state index contributed by atoms with van der Waals surface area (Å²) < 4.78 is 0. The van der Waals surface area contributed by atoms with E-state index in [1.165, 1.54) is 44.9 Å². The molecule has 0 saturated heterocycles. The van der Waals surface area contributed by atoms with Crippen LogP contribution in [0.15, 0.2) is 24.3 Å². The van der Waals surface area contributed by atoms with Gasteiger partial charge in [0.25, 0.3) is 0 Å². The van der Waals surface area contributed by atoms with Gasteiger partial charge in [-0.05, 0) is 36.8 Å². The van der Waals surface area contributed by atoms with E-state index in [2.05, 4.69) is 24.3 Å². The summed E-state index contributed by atoms with van der Waals surface area (Å²) in [5.74, 6) is 0. The standard InChI is InChI=1S/C13H18/c1-2-4-7-12-9-6-10-13(11-12)8-5-3-1/h6,9-11H,1-5,7-8H2. The summed E-state index contributed by atoms with van der Waals surface area (Å²) in [7, 11) is 0. The largest absolute Gasteiger partial charge is 0.0617 e. The number of aryl methyl sites for hydroxylation is 2. The number of rotatable bonds is 0. The van der Waals surface area contributed by atoms with E-state index in [-0.39, 0.29) is 0 Å². The molecule has 0 aliphatic heterocycles. The van der Waals surface area contributed by atoms with Crippen LogP contribution in [0.5, 0.6) is 0 Å². The van der Waals surface area contributed by atoms with Crippen molar-refractivity contribution in [3.8, 4) is 0 Å². The highest BCUT2D eigenvalue weighted by atomic mass is 14.1. The summed E-state index contributed by atoms with van der Waals surface area (Å²) in [5.41, 5.74) is 3.08. The van der Waals surface area contributed by atoms with E-state index in [1.807, 2.05) is 0 Å². The smallest absolute Gasteiger partial charge is 0.0279 e. The Balaban J connectivity index is 2.13. The Morgan fingerprint density at radius 1 is 0.692 bits per heavy atom. The van der Waals surface area contributed by atoms with Crippen molar-refractivity contribution in [3.05, 3.63) is 35.4 Å². The quantitative estimate of drug-likeness (QED) is 0.562. The lowest BCUT2D eigenvalue weighted by Gasteiger charge is -2.08. The van der Waals surface area contributed by atoms with Crippen LogP contribution in [-0.2, 0) is 12.8 Å². The van der Waals surface area contributed by atoms with Gasteiger partial charge in [0.1, 0.15) is 0 Å². The van der Waals surface area contributed by atoms with Gasteiger partial charge in [-0.25, -0.2) is 0 Å². The first kappa shape index (κ1) is 8.80. The second-order valence-corrected chi connectivity index (χ2v) is 4.09. The third-order valence-electron chi connectivity index (χ3n) is 2.92. The maximum Gasteiger partial charge on any atom is -0.0279 e. The van der Waals surface area contributed by atoms with Gasteiger partial charge >= 0.3 is 0 Å². The lowest BCUT2D eigenvalue weighted by Crippen LogP contribution is -1.93. The summed E-state index contributed by atoms with van der Waals surface area (Å²) in [6.07, 6.45) is 9.60. The minimum atomic E-state index is 1.29. The zero-order valence-corrected chi connectivity index (χ0v) is 8.26. The minimum Gasteiger partial charge on any atom is -0.0617 e. The minimum absolute atomic E-state index is 1.29. The molecule has 1 aliphatic carbocycles. The van der Waals surface area contributed by atoms with Crippen molar-refractivity contribution >= 4 is 0 Å². The predicted octanol–water partition coefficient (Wildman–Crippen LogP) is 3.74. The van der Waals surface area contributed by atoms with Gasteiger partial charge in [0.2, 0.25) is 0 Å². The molecule has 0 unspecified atom stereocenters. The van der Waals surface area contributed by atoms with Gasteiger partial charge in [0.15, 0.2) is 0 Å². The lowest BCUT2D eigenvalue weighted by molar-refractivity contribution is 0.607. The van der Waals surface area contributed by atoms with Crippen LogP contribution in [0.1, 0.15) is 43.2 Å². The number of hydrogen-bond acceptors (Lipinski definition) is 0. The molecule has 0 amide bonds. The Bertz CT molecular complexity index is 239. The van der Waals surface area contributed by atoms with Crippen LogP contribution in [0.25, 0.3) is 0 Å². The second kappa shape index (κ2) is 4.45. The third-order valence-corrected chi connectivity index (χ3v) is 2.92. The highest BCUT2D eigenvalue weighted by Crippen LogP contribution is 2.16. The monoisotopic (exact) mass is 174 g/mol. The van der Waals surface area contributed by atoms with E-state index >= 15 is 0 Å². The molecule has 0 saturated carbocycles. The molecule has 0 N–H and O–H groups in total. The van der Waals surface area contributed by atoms with E-state index in [0.717, 1.165) is 0 Å². The molecule has 0 atom stereocenters. The van der Waals surface area contributed by atoms with Gasteiger partial charge in [-0.3, -0.25) is 0 Å². The molecule has 1 aliphatic rings. The molecule has 0 heteroatoms. The van der Waals surface area contributed by atoms with Crippen LogP contribution in [0.3, 0.4) is 0 Å². The zero-order chi connectivity index (χ0) is 8.93. The van der Waals surface area contributed by atoms with Gasteiger partial charge in [-0.2, -0.15) is 0 Å². The van der Waals surface area contributed by atoms with Gasteiger partial charge in [-0.1, -0.05) is 43.5 Å². The Kier molecular flexibility index (Phi) is 3.02. The molecular weight excluding hydrogens is 156 g/mol. The van der Waals surface area contributed by atoms with E-state index in [4.69, 9.17) is 0 Å². The highest BCUT2D eigenvalue weighted by molar-refractivity contribution is 5.23. The Morgan fingerprint density at radius 2 is 1.23 bits per heavy atom. The number of fused-ring (bicyclic) bond motifs is 2. The Morgan fingerprint density at radius 3 is 1.85 bits per heavy atom. The molecule has 2 bridgehead atoms. The molecule has 0 spiro atoms. The molecule has 0 radical (unpaired) electrons.